The molecule has 0 amide bonds. The largest absolute Gasteiger partial charge is 0.318 e. The summed E-state index contributed by atoms with van der Waals surface area (Å²) in [4.78, 5) is 12.0. The van der Waals surface area contributed by atoms with Crippen LogP contribution < -0.4 is 10.9 Å². The molecule has 84 valence electrons. The van der Waals surface area contributed by atoms with Crippen molar-refractivity contribution in [3.63, 3.8) is 0 Å². The average Bonchev–Trinajstić information content (AvgIpc) is 2.95. The van der Waals surface area contributed by atoms with Gasteiger partial charge in [-0.05, 0) is 19.3 Å². The highest BCUT2D eigenvalue weighted by atomic mass is 32.2. The second-order valence-electron chi connectivity index (χ2n) is 4.46. The maximum absolute atomic E-state index is 12.0. The van der Waals surface area contributed by atoms with Crippen molar-refractivity contribution in [2.24, 2.45) is 16.8 Å². The van der Waals surface area contributed by atoms with Crippen LogP contribution in [0, 0.1) is 5.92 Å². The molecular formula is C9H14N2O3S. The molecule has 2 rings (SSSR count). The van der Waals surface area contributed by atoms with E-state index >= 15 is 0 Å². The van der Waals surface area contributed by atoms with Crippen LogP contribution in [0.5, 0.6) is 0 Å². The Hall–Kier alpha value is -0.720. The minimum absolute atomic E-state index is 0.107. The smallest absolute Gasteiger partial charge is 0.222 e. The second kappa shape index (κ2) is 2.69. The highest BCUT2D eigenvalue weighted by Crippen LogP contribution is 2.53. The van der Waals surface area contributed by atoms with Crippen LogP contribution in [0.2, 0.25) is 0 Å². The van der Waals surface area contributed by atoms with E-state index in [9.17, 15) is 13.2 Å². The summed E-state index contributed by atoms with van der Waals surface area (Å²) >= 11 is 0. The van der Waals surface area contributed by atoms with Gasteiger partial charge < -0.3 is 5.73 Å². The summed E-state index contributed by atoms with van der Waals surface area (Å²) < 4.78 is 21.2. The van der Waals surface area contributed by atoms with Crippen LogP contribution in [-0.4, -0.2) is 24.5 Å². The first-order valence-electron chi connectivity index (χ1n) is 4.77. The molecule has 5 nitrogen and oxygen atoms in total. The van der Waals surface area contributed by atoms with Crippen LogP contribution in [0.1, 0.15) is 19.3 Å². The van der Waals surface area contributed by atoms with Crippen LogP contribution in [-0.2, 0) is 14.8 Å². The maximum atomic E-state index is 12.0. The number of primary sulfonamides is 1. The molecule has 15 heavy (non-hydrogen) atoms. The molecule has 4 N–H and O–H groups in total. The van der Waals surface area contributed by atoms with Crippen molar-refractivity contribution < 1.29 is 13.2 Å². The van der Waals surface area contributed by atoms with E-state index < -0.39 is 26.1 Å². The van der Waals surface area contributed by atoms with Crippen LogP contribution in [0.15, 0.2) is 12.7 Å². The number of hydrogen-bond donors (Lipinski definition) is 2. The van der Waals surface area contributed by atoms with Crippen molar-refractivity contribution in [3.8, 4) is 0 Å². The van der Waals surface area contributed by atoms with Crippen molar-refractivity contribution in [3.05, 3.63) is 12.7 Å². The molecule has 0 unspecified atom stereocenters. The number of sulfonamides is 1. The molecule has 0 aromatic heterocycles. The molecule has 6 heteroatoms. The van der Waals surface area contributed by atoms with Crippen LogP contribution in [0.3, 0.4) is 0 Å². The lowest BCUT2D eigenvalue weighted by molar-refractivity contribution is -0.121. The molecule has 2 saturated carbocycles. The Labute approximate surface area is 88.6 Å². The minimum atomic E-state index is -3.83. The number of hydrogen-bond acceptors (Lipinski definition) is 4. The van der Waals surface area contributed by atoms with Crippen molar-refractivity contribution in [1.29, 1.82) is 0 Å². The third kappa shape index (κ3) is 1.28. The summed E-state index contributed by atoms with van der Waals surface area (Å²) in [7, 11) is -3.83. The van der Waals surface area contributed by atoms with Gasteiger partial charge in [0.15, 0.2) is 5.78 Å². The SMILES string of the molecule is C=C[C@H]1C[C@]1(N)C(=O)C1(S(N)(=O)=O)CC1. The number of Topliss-reactive ketones (excluding diaryl/α,β-unsaturated/α-hetero) is 1. The zero-order valence-corrected chi connectivity index (χ0v) is 9.09. The molecule has 2 aliphatic carbocycles. The zero-order chi connectivity index (χ0) is 11.5. The summed E-state index contributed by atoms with van der Waals surface area (Å²) in [5.41, 5.74) is 4.79. The predicted octanol–water partition coefficient (Wildman–Crippen LogP) is -0.720. The maximum Gasteiger partial charge on any atom is 0.222 e. The van der Waals surface area contributed by atoms with Gasteiger partial charge in [-0.3, -0.25) is 4.79 Å². The van der Waals surface area contributed by atoms with E-state index in [-0.39, 0.29) is 5.92 Å². The molecule has 0 heterocycles. The fraction of sp³-hybridized carbons (Fsp3) is 0.667. The van der Waals surface area contributed by atoms with E-state index in [1.165, 1.54) is 0 Å². The number of ketones is 1. The third-order valence-electron chi connectivity index (χ3n) is 3.43. The van der Waals surface area contributed by atoms with E-state index in [0.29, 0.717) is 19.3 Å². The van der Waals surface area contributed by atoms with Gasteiger partial charge >= 0.3 is 0 Å². The molecule has 2 fully saturated rings. The fourth-order valence-electron chi connectivity index (χ4n) is 2.04. The monoisotopic (exact) mass is 230 g/mol. The van der Waals surface area contributed by atoms with Gasteiger partial charge in [-0.15, -0.1) is 6.58 Å². The minimum Gasteiger partial charge on any atom is -0.318 e. The van der Waals surface area contributed by atoms with E-state index in [1.807, 2.05) is 0 Å². The first-order valence-corrected chi connectivity index (χ1v) is 6.31. The highest BCUT2D eigenvalue weighted by molar-refractivity contribution is 7.91. The lowest BCUT2D eigenvalue weighted by atomic mass is 10.0. The normalized spacial score (nSPS) is 37.1. The van der Waals surface area contributed by atoms with Crippen molar-refractivity contribution in [2.45, 2.75) is 29.5 Å². The van der Waals surface area contributed by atoms with Gasteiger partial charge in [-0.25, -0.2) is 13.6 Å². The predicted molar refractivity (Wildman–Crippen MR) is 55.3 cm³/mol. The van der Waals surface area contributed by atoms with Crippen molar-refractivity contribution >= 4 is 15.8 Å². The van der Waals surface area contributed by atoms with Crippen molar-refractivity contribution in [2.75, 3.05) is 0 Å². The van der Waals surface area contributed by atoms with E-state index in [0.717, 1.165) is 0 Å². The van der Waals surface area contributed by atoms with Crippen molar-refractivity contribution in [1.82, 2.24) is 0 Å². The Kier molecular flexibility index (Phi) is 1.94. The first kappa shape index (κ1) is 10.8. The molecule has 0 spiro atoms. The van der Waals surface area contributed by atoms with Gasteiger partial charge in [0.2, 0.25) is 10.0 Å². The molecule has 0 aromatic carbocycles. The average molecular weight is 230 g/mol. The van der Waals surface area contributed by atoms with Gasteiger partial charge in [0.1, 0.15) is 4.75 Å². The molecular weight excluding hydrogens is 216 g/mol. The van der Waals surface area contributed by atoms with Crippen LogP contribution in [0.4, 0.5) is 0 Å². The quantitative estimate of drug-likeness (QED) is 0.622. The molecule has 0 aromatic rings. The third-order valence-corrected chi connectivity index (χ3v) is 5.11. The molecule has 0 saturated heterocycles. The number of carbonyl (C=O) groups is 1. The van der Waals surface area contributed by atoms with Crippen LogP contribution >= 0.6 is 0 Å². The standard InChI is InChI=1S/C9H14N2O3S/c1-2-6-5-9(6,10)7(12)8(3-4-8)15(11,13)14/h2,6H,1,3-5,10H2,(H2,11,13,14)/t6-,9+/m0/s1. The molecule has 0 bridgehead atoms. The Balaban J connectivity index is 2.28. The van der Waals surface area contributed by atoms with Gasteiger partial charge in [0, 0.05) is 5.92 Å². The van der Waals surface area contributed by atoms with Crippen LogP contribution in [0.25, 0.3) is 0 Å². The molecule has 2 atom stereocenters. The molecule has 0 radical (unpaired) electrons. The fourth-order valence-corrected chi connectivity index (χ4v) is 3.16. The Morgan fingerprint density at radius 2 is 2.00 bits per heavy atom. The summed E-state index contributed by atoms with van der Waals surface area (Å²) in [6.07, 6.45) is 2.67. The highest BCUT2D eigenvalue weighted by Gasteiger charge is 2.69. The van der Waals surface area contributed by atoms with Gasteiger partial charge in [-0.2, -0.15) is 0 Å². The topological polar surface area (TPSA) is 103 Å². The van der Waals surface area contributed by atoms with Gasteiger partial charge in [-0.1, -0.05) is 6.08 Å². The zero-order valence-electron chi connectivity index (χ0n) is 8.27. The Bertz CT molecular complexity index is 438. The number of rotatable bonds is 4. The summed E-state index contributed by atoms with van der Waals surface area (Å²) in [5.74, 6) is -0.536. The lowest BCUT2D eigenvalue weighted by Crippen LogP contribution is -2.49. The van der Waals surface area contributed by atoms with E-state index in [4.69, 9.17) is 10.9 Å². The number of carbonyl (C=O) groups excluding carboxylic acids is 1. The van der Waals surface area contributed by atoms with Gasteiger partial charge in [0.25, 0.3) is 0 Å². The van der Waals surface area contributed by atoms with E-state index in [2.05, 4.69) is 6.58 Å². The Morgan fingerprint density at radius 1 is 1.47 bits per heavy atom. The summed E-state index contributed by atoms with van der Waals surface area (Å²) in [6, 6.07) is 0. The first-order chi connectivity index (χ1) is 6.78. The lowest BCUT2D eigenvalue weighted by Gasteiger charge is -2.16. The van der Waals surface area contributed by atoms with Gasteiger partial charge in [0.05, 0.1) is 5.54 Å². The summed E-state index contributed by atoms with van der Waals surface area (Å²) in [6.45, 7) is 3.55. The van der Waals surface area contributed by atoms with E-state index in [1.54, 1.807) is 6.08 Å². The summed E-state index contributed by atoms with van der Waals surface area (Å²) in [5, 5.41) is 5.06. The number of nitrogens with two attached hydrogens (primary N) is 2. The molecule has 2 aliphatic rings. The Morgan fingerprint density at radius 3 is 2.27 bits per heavy atom. The molecule has 0 aliphatic heterocycles. The second-order valence-corrected chi connectivity index (χ2v) is 6.33.